The maximum atomic E-state index is 13.6. The summed E-state index contributed by atoms with van der Waals surface area (Å²) < 4.78 is 25.0. The summed E-state index contributed by atoms with van der Waals surface area (Å²) in [5.41, 5.74) is 1.10. The van der Waals surface area contributed by atoms with Gasteiger partial charge in [0.15, 0.2) is 0 Å². The second kappa shape index (κ2) is 12.5. The summed E-state index contributed by atoms with van der Waals surface area (Å²) in [5, 5.41) is 12.4. The first kappa shape index (κ1) is 25.6. The number of fused-ring (bicyclic) bond motifs is 1. The minimum atomic E-state index is -0.649. The van der Waals surface area contributed by atoms with Crippen LogP contribution in [0.4, 0.5) is 4.39 Å². The van der Waals surface area contributed by atoms with E-state index in [0.717, 1.165) is 18.4 Å². The van der Waals surface area contributed by atoms with Gasteiger partial charge in [0.2, 0.25) is 5.91 Å². The smallest absolute Gasteiger partial charge is 0.237 e. The second-order valence-corrected chi connectivity index (χ2v) is 9.69. The second-order valence-electron chi connectivity index (χ2n) is 8.69. The molecule has 182 valence electrons. The molecule has 0 aliphatic carbocycles. The zero-order valence-corrected chi connectivity index (χ0v) is 20.5. The van der Waals surface area contributed by atoms with Gasteiger partial charge in [0, 0.05) is 24.0 Å². The standard InChI is InChI=1S/C25H35FN2O4S/c1-4-10-27(14-20(29)16-31-18(2)3)15-25(30)28-11-8-24-22(9-12-33-24)23(28)17-32-21-7-5-6-19(26)13-21/h5-7,9,12-13,18,20,23,29H,4,8,10-11,14-17H2,1-3H3/t20-,23+/m0/s1. The SMILES string of the molecule is CCCN(CC(=O)N1CCc2sccc2[C@H]1COc1cccc(F)c1)C[C@H](O)COC(C)C. The highest BCUT2D eigenvalue weighted by Gasteiger charge is 2.33. The zero-order chi connectivity index (χ0) is 23.8. The lowest BCUT2D eigenvalue weighted by Gasteiger charge is -2.37. The fraction of sp³-hybridized carbons (Fsp3) is 0.560. The molecule has 0 unspecified atom stereocenters. The van der Waals surface area contributed by atoms with Crippen molar-refractivity contribution >= 4 is 17.2 Å². The Morgan fingerprint density at radius 1 is 1.36 bits per heavy atom. The van der Waals surface area contributed by atoms with Gasteiger partial charge in [-0.25, -0.2) is 4.39 Å². The lowest BCUT2D eigenvalue weighted by molar-refractivity contribution is -0.136. The van der Waals surface area contributed by atoms with E-state index in [2.05, 4.69) is 13.0 Å². The average molecular weight is 479 g/mol. The van der Waals surface area contributed by atoms with Crippen molar-refractivity contribution in [2.45, 2.75) is 51.9 Å². The van der Waals surface area contributed by atoms with Gasteiger partial charge in [-0.2, -0.15) is 0 Å². The Morgan fingerprint density at radius 3 is 2.91 bits per heavy atom. The molecule has 1 amide bonds. The molecule has 1 aromatic heterocycles. The first-order valence-corrected chi connectivity index (χ1v) is 12.5. The van der Waals surface area contributed by atoms with Crippen LogP contribution in [0.1, 0.15) is 43.7 Å². The van der Waals surface area contributed by atoms with E-state index in [4.69, 9.17) is 9.47 Å². The summed E-state index contributed by atoms with van der Waals surface area (Å²) in [6.07, 6.45) is 1.09. The Balaban J connectivity index is 1.67. The van der Waals surface area contributed by atoms with Gasteiger partial charge in [-0.1, -0.05) is 13.0 Å². The summed E-state index contributed by atoms with van der Waals surface area (Å²) in [6.45, 7) is 8.37. The maximum Gasteiger partial charge on any atom is 0.237 e. The molecular weight excluding hydrogens is 443 g/mol. The van der Waals surface area contributed by atoms with Crippen molar-refractivity contribution in [3.63, 3.8) is 0 Å². The fourth-order valence-corrected chi connectivity index (χ4v) is 5.02. The highest BCUT2D eigenvalue weighted by atomic mass is 32.1. The average Bonchev–Trinajstić information content (AvgIpc) is 3.25. The summed E-state index contributed by atoms with van der Waals surface area (Å²) in [5.74, 6) is 0.103. The van der Waals surface area contributed by atoms with Crippen LogP contribution in [0.5, 0.6) is 5.75 Å². The molecule has 1 aliphatic rings. The Hall–Kier alpha value is -2.00. The summed E-state index contributed by atoms with van der Waals surface area (Å²) in [7, 11) is 0. The van der Waals surface area contributed by atoms with E-state index < -0.39 is 6.10 Å². The Labute approximate surface area is 199 Å². The number of halogens is 1. The quantitative estimate of drug-likeness (QED) is 0.502. The topological polar surface area (TPSA) is 62.2 Å². The first-order chi connectivity index (χ1) is 15.9. The van der Waals surface area contributed by atoms with Gasteiger partial charge in [0.05, 0.1) is 31.4 Å². The number of aliphatic hydroxyl groups excluding tert-OH is 1. The van der Waals surface area contributed by atoms with Crippen molar-refractivity contribution in [1.82, 2.24) is 9.80 Å². The number of aliphatic hydroxyl groups is 1. The highest BCUT2D eigenvalue weighted by molar-refractivity contribution is 7.10. The molecule has 2 atom stereocenters. The number of hydrogen-bond donors (Lipinski definition) is 1. The van der Waals surface area contributed by atoms with Gasteiger partial charge in [-0.05, 0) is 62.4 Å². The van der Waals surface area contributed by atoms with Crippen LogP contribution in [0.2, 0.25) is 0 Å². The van der Waals surface area contributed by atoms with E-state index in [9.17, 15) is 14.3 Å². The predicted molar refractivity (Wildman–Crippen MR) is 128 cm³/mol. The van der Waals surface area contributed by atoms with E-state index in [1.807, 2.05) is 29.0 Å². The van der Waals surface area contributed by atoms with E-state index in [-0.39, 0.29) is 43.6 Å². The third-order valence-electron chi connectivity index (χ3n) is 5.61. The van der Waals surface area contributed by atoms with Crippen LogP contribution >= 0.6 is 11.3 Å². The molecule has 6 nitrogen and oxygen atoms in total. The lowest BCUT2D eigenvalue weighted by atomic mass is 10.0. The highest BCUT2D eigenvalue weighted by Crippen LogP contribution is 2.34. The normalized spacial score (nSPS) is 16.8. The zero-order valence-electron chi connectivity index (χ0n) is 19.7. The van der Waals surface area contributed by atoms with E-state index in [1.54, 1.807) is 23.5 Å². The van der Waals surface area contributed by atoms with Gasteiger partial charge in [0.25, 0.3) is 0 Å². The van der Waals surface area contributed by atoms with E-state index in [1.165, 1.54) is 17.0 Å². The van der Waals surface area contributed by atoms with E-state index in [0.29, 0.717) is 25.4 Å². The lowest BCUT2D eigenvalue weighted by Crippen LogP contribution is -2.48. The molecule has 0 saturated heterocycles. The number of hydrogen-bond acceptors (Lipinski definition) is 6. The molecule has 2 heterocycles. The van der Waals surface area contributed by atoms with Crippen LogP contribution in [0.3, 0.4) is 0 Å². The van der Waals surface area contributed by atoms with Crippen LogP contribution < -0.4 is 4.74 Å². The molecule has 1 N–H and O–H groups in total. The molecule has 0 fully saturated rings. The van der Waals surface area contributed by atoms with E-state index >= 15 is 0 Å². The number of rotatable bonds is 12. The molecule has 0 saturated carbocycles. The molecule has 1 aromatic carbocycles. The monoisotopic (exact) mass is 478 g/mol. The molecular formula is C25H35FN2O4S. The van der Waals surface area contributed by atoms with Crippen LogP contribution in [0.25, 0.3) is 0 Å². The molecule has 8 heteroatoms. The fourth-order valence-electron chi connectivity index (χ4n) is 4.09. The number of benzene rings is 1. The number of carbonyl (C=O) groups excluding carboxylic acids is 1. The van der Waals surface area contributed by atoms with Crippen LogP contribution in [-0.4, -0.2) is 72.4 Å². The summed E-state index contributed by atoms with van der Waals surface area (Å²) >= 11 is 1.69. The number of nitrogens with zero attached hydrogens (tertiary/aromatic N) is 2. The summed E-state index contributed by atoms with van der Waals surface area (Å²) in [6, 6.07) is 7.89. The first-order valence-electron chi connectivity index (χ1n) is 11.6. The van der Waals surface area contributed by atoms with Crippen LogP contribution in [0, 0.1) is 5.82 Å². The molecule has 1 aliphatic heterocycles. The number of ether oxygens (including phenoxy) is 2. The van der Waals surface area contributed by atoms with Gasteiger partial charge >= 0.3 is 0 Å². The van der Waals surface area contributed by atoms with Crippen molar-refractivity contribution in [3.05, 3.63) is 52.0 Å². The third kappa shape index (κ3) is 7.50. The third-order valence-corrected chi connectivity index (χ3v) is 6.61. The van der Waals surface area contributed by atoms with Gasteiger partial charge in [0.1, 0.15) is 18.2 Å². The van der Waals surface area contributed by atoms with Crippen molar-refractivity contribution in [2.75, 3.05) is 39.4 Å². The molecule has 0 bridgehead atoms. The molecule has 0 spiro atoms. The molecule has 2 aromatic rings. The van der Waals surface area contributed by atoms with Gasteiger partial charge in [-0.15, -0.1) is 11.3 Å². The minimum Gasteiger partial charge on any atom is -0.491 e. The molecule has 0 radical (unpaired) electrons. The Bertz CT molecular complexity index is 891. The number of amides is 1. The molecule has 33 heavy (non-hydrogen) atoms. The summed E-state index contributed by atoms with van der Waals surface area (Å²) in [4.78, 5) is 18.5. The largest absolute Gasteiger partial charge is 0.491 e. The Morgan fingerprint density at radius 2 is 2.18 bits per heavy atom. The number of carbonyl (C=O) groups is 1. The maximum absolute atomic E-state index is 13.6. The van der Waals surface area contributed by atoms with Crippen molar-refractivity contribution in [1.29, 1.82) is 0 Å². The predicted octanol–water partition coefficient (Wildman–Crippen LogP) is 3.89. The van der Waals surface area contributed by atoms with Gasteiger partial charge < -0.3 is 19.5 Å². The van der Waals surface area contributed by atoms with Crippen molar-refractivity contribution in [3.8, 4) is 5.75 Å². The Kier molecular flexibility index (Phi) is 9.67. The number of thiophene rings is 1. The minimum absolute atomic E-state index is 0.00474. The van der Waals surface area contributed by atoms with Crippen LogP contribution in [-0.2, 0) is 16.0 Å². The van der Waals surface area contributed by atoms with Crippen molar-refractivity contribution < 1.29 is 23.8 Å². The van der Waals surface area contributed by atoms with Crippen molar-refractivity contribution in [2.24, 2.45) is 0 Å². The molecule has 3 rings (SSSR count). The van der Waals surface area contributed by atoms with Gasteiger partial charge in [-0.3, -0.25) is 9.69 Å². The van der Waals surface area contributed by atoms with Crippen LogP contribution in [0.15, 0.2) is 35.7 Å².